The Labute approximate surface area is 493 Å². The summed E-state index contributed by atoms with van der Waals surface area (Å²) in [7, 11) is 0. The Morgan fingerprint density at radius 3 is 0.812 bits per heavy atom. The Bertz CT molecular complexity index is 1770. The highest BCUT2D eigenvalue weighted by Gasteiger charge is 2.16. The fraction of sp³-hybridized carbons (Fsp3) is 0.600. The molecule has 0 aromatic carbocycles. The second kappa shape index (κ2) is 68.5. The summed E-state index contributed by atoms with van der Waals surface area (Å²) in [4.78, 5) is 24.6. The zero-order chi connectivity index (χ0) is 57.6. The van der Waals surface area contributed by atoms with Crippen molar-refractivity contribution in [2.24, 2.45) is 0 Å². The highest BCUT2D eigenvalue weighted by atomic mass is 16.6. The molecule has 0 rings (SSSR count). The third-order valence-electron chi connectivity index (χ3n) is 13.5. The van der Waals surface area contributed by atoms with E-state index in [9.17, 15) is 14.7 Å². The SMILES string of the molecule is CC/C=C\C/C=C\C/C=C\C/C=C\C/C=C\C/C=C\C/C=C\C/C=C\C/C=C\C/C=C\C/C=C\CCCCCCCC(=O)OC(CO)COC(=O)CCCCCCCCCCCCCC/C=C\C/C=C\C/C=C\CCCCCCC. The van der Waals surface area contributed by atoms with Crippen molar-refractivity contribution in [1.29, 1.82) is 0 Å². The van der Waals surface area contributed by atoms with Gasteiger partial charge in [0.25, 0.3) is 0 Å². The van der Waals surface area contributed by atoms with Gasteiger partial charge < -0.3 is 14.6 Å². The first kappa shape index (κ1) is 75.3. The number of esters is 2. The van der Waals surface area contributed by atoms with Gasteiger partial charge >= 0.3 is 11.9 Å². The molecule has 0 saturated heterocycles. The van der Waals surface area contributed by atoms with Gasteiger partial charge in [0.15, 0.2) is 6.10 Å². The summed E-state index contributed by atoms with van der Waals surface area (Å²) in [6.07, 6.45) is 106. The van der Waals surface area contributed by atoms with Crippen LogP contribution in [-0.4, -0.2) is 36.4 Å². The molecule has 0 radical (unpaired) electrons. The number of hydrogen-bond acceptors (Lipinski definition) is 5. The zero-order valence-electron chi connectivity index (χ0n) is 51.5. The minimum atomic E-state index is -0.797. The smallest absolute Gasteiger partial charge is 0.306 e. The van der Waals surface area contributed by atoms with E-state index in [0.717, 1.165) is 141 Å². The van der Waals surface area contributed by atoms with E-state index in [4.69, 9.17) is 9.47 Å². The van der Waals surface area contributed by atoms with Crippen molar-refractivity contribution in [3.8, 4) is 0 Å². The highest BCUT2D eigenvalue weighted by molar-refractivity contribution is 5.70. The summed E-state index contributed by atoms with van der Waals surface area (Å²) in [5.74, 6) is -0.622. The number of hydrogen-bond donors (Lipinski definition) is 1. The maximum absolute atomic E-state index is 12.3. The first-order chi connectivity index (χ1) is 39.6. The predicted octanol–water partition coefficient (Wildman–Crippen LogP) is 22.9. The van der Waals surface area contributed by atoms with Gasteiger partial charge in [-0.25, -0.2) is 0 Å². The van der Waals surface area contributed by atoms with Crippen LogP contribution in [0.5, 0.6) is 0 Å². The van der Waals surface area contributed by atoms with E-state index in [1.54, 1.807) is 0 Å². The molecule has 5 heteroatoms. The predicted molar refractivity (Wildman–Crippen MR) is 352 cm³/mol. The van der Waals surface area contributed by atoms with Crippen LogP contribution < -0.4 is 0 Å². The Morgan fingerprint density at radius 1 is 0.300 bits per heavy atom. The zero-order valence-corrected chi connectivity index (χ0v) is 51.5. The third kappa shape index (κ3) is 65.8. The molecule has 0 bridgehead atoms. The average molecular weight is 1100 g/mol. The van der Waals surface area contributed by atoms with E-state index in [2.05, 4.69) is 184 Å². The van der Waals surface area contributed by atoms with Crippen molar-refractivity contribution in [3.63, 3.8) is 0 Å². The van der Waals surface area contributed by atoms with Gasteiger partial charge in [0, 0.05) is 12.8 Å². The summed E-state index contributed by atoms with van der Waals surface area (Å²) >= 11 is 0. The standard InChI is InChI=1S/C75H120O5/c1-3-5-7-9-11-13-15-17-19-21-23-25-27-29-31-32-33-34-35-36-37-38-39-40-41-42-44-46-48-50-52-54-56-58-60-62-64-66-68-70-75(78)80-73(71-76)72-79-74(77)69-67-65-63-61-59-57-55-53-51-49-47-45-43-30-28-26-24-22-20-18-16-14-12-10-8-6-4-2/h5,7,11,13,16-19,22-25,28-31,33-34,36-37,39-40,42,44,48,50,54,56,73,76H,3-4,6,8-10,12,14-15,20-21,26-27,32,35,38,41,43,45-47,49,51-53,55,57-72H2,1-2H3/b7-5-,13-11-,18-16-,19-17-,24-22-,25-23-,30-28-,31-29-,34-33-,37-36-,40-39-,44-42-,50-48-,56-54-. The second-order valence-electron chi connectivity index (χ2n) is 21.1. The van der Waals surface area contributed by atoms with Crippen molar-refractivity contribution < 1.29 is 24.2 Å². The topological polar surface area (TPSA) is 72.8 Å². The van der Waals surface area contributed by atoms with E-state index < -0.39 is 6.10 Å². The summed E-state index contributed by atoms with van der Waals surface area (Å²) in [5, 5.41) is 9.68. The molecular weight excluding hydrogens is 981 g/mol. The van der Waals surface area contributed by atoms with Crippen LogP contribution in [0.4, 0.5) is 0 Å². The van der Waals surface area contributed by atoms with Gasteiger partial charge in [-0.15, -0.1) is 0 Å². The van der Waals surface area contributed by atoms with Crippen molar-refractivity contribution in [1.82, 2.24) is 0 Å². The summed E-state index contributed by atoms with van der Waals surface area (Å²) in [6, 6.07) is 0. The number of rotatable bonds is 58. The lowest BCUT2D eigenvalue weighted by Gasteiger charge is -2.15. The Balaban J connectivity index is 3.63. The summed E-state index contributed by atoms with van der Waals surface area (Å²) in [5.41, 5.74) is 0. The number of allylic oxidation sites excluding steroid dienone is 28. The minimum absolute atomic E-state index is 0.0846. The molecule has 0 saturated carbocycles. The van der Waals surface area contributed by atoms with Crippen LogP contribution in [-0.2, 0) is 19.1 Å². The number of carbonyl (C=O) groups excluding carboxylic acids is 2. The number of aliphatic hydroxyl groups excluding tert-OH is 1. The molecule has 450 valence electrons. The molecule has 5 nitrogen and oxygen atoms in total. The first-order valence-corrected chi connectivity index (χ1v) is 32.7. The number of carbonyl (C=O) groups is 2. The molecule has 0 aromatic rings. The Hall–Kier alpha value is -4.74. The number of aliphatic hydroxyl groups is 1. The van der Waals surface area contributed by atoms with E-state index >= 15 is 0 Å². The van der Waals surface area contributed by atoms with Crippen LogP contribution in [0.25, 0.3) is 0 Å². The van der Waals surface area contributed by atoms with Crippen LogP contribution >= 0.6 is 0 Å². The molecule has 0 spiro atoms. The maximum Gasteiger partial charge on any atom is 0.306 e. The van der Waals surface area contributed by atoms with Crippen LogP contribution in [0, 0.1) is 0 Å². The maximum atomic E-state index is 12.3. The van der Waals surface area contributed by atoms with Crippen molar-refractivity contribution in [3.05, 3.63) is 170 Å². The molecule has 1 N–H and O–H groups in total. The van der Waals surface area contributed by atoms with Gasteiger partial charge in [0.2, 0.25) is 0 Å². The van der Waals surface area contributed by atoms with Crippen LogP contribution in [0.3, 0.4) is 0 Å². The van der Waals surface area contributed by atoms with Gasteiger partial charge in [0.05, 0.1) is 6.61 Å². The van der Waals surface area contributed by atoms with Crippen LogP contribution in [0.15, 0.2) is 170 Å². The quantitative estimate of drug-likeness (QED) is 0.0373. The van der Waals surface area contributed by atoms with Crippen LogP contribution in [0.1, 0.15) is 271 Å². The van der Waals surface area contributed by atoms with Gasteiger partial charge in [0.1, 0.15) is 6.61 Å². The fourth-order valence-electron chi connectivity index (χ4n) is 8.63. The molecule has 0 aliphatic heterocycles. The van der Waals surface area contributed by atoms with Gasteiger partial charge in [-0.3, -0.25) is 9.59 Å². The summed E-state index contributed by atoms with van der Waals surface area (Å²) < 4.78 is 10.7. The third-order valence-corrected chi connectivity index (χ3v) is 13.5. The Morgan fingerprint density at radius 2 is 0.537 bits per heavy atom. The molecule has 80 heavy (non-hydrogen) atoms. The van der Waals surface area contributed by atoms with Gasteiger partial charge in [-0.1, -0.05) is 293 Å². The normalized spacial score (nSPS) is 13.4. The van der Waals surface area contributed by atoms with Crippen LogP contribution in [0.2, 0.25) is 0 Å². The second-order valence-corrected chi connectivity index (χ2v) is 21.1. The molecule has 1 unspecified atom stereocenters. The number of ether oxygens (including phenoxy) is 2. The highest BCUT2D eigenvalue weighted by Crippen LogP contribution is 2.15. The van der Waals surface area contributed by atoms with E-state index in [-0.39, 0.29) is 25.2 Å². The largest absolute Gasteiger partial charge is 0.462 e. The molecular formula is C75H120O5. The van der Waals surface area contributed by atoms with Crippen molar-refractivity contribution >= 4 is 11.9 Å². The first-order valence-electron chi connectivity index (χ1n) is 32.7. The average Bonchev–Trinajstić information content (AvgIpc) is 3.46. The monoisotopic (exact) mass is 1100 g/mol. The summed E-state index contributed by atoms with van der Waals surface area (Å²) in [6.45, 7) is 4.00. The minimum Gasteiger partial charge on any atom is -0.462 e. The lowest BCUT2D eigenvalue weighted by atomic mass is 10.0. The molecule has 1 atom stereocenters. The van der Waals surface area contributed by atoms with Crippen molar-refractivity contribution in [2.75, 3.05) is 13.2 Å². The number of unbranched alkanes of at least 4 members (excludes halogenated alkanes) is 22. The van der Waals surface area contributed by atoms with Crippen molar-refractivity contribution in [2.45, 2.75) is 277 Å². The van der Waals surface area contributed by atoms with E-state index in [1.807, 2.05) is 0 Å². The Kier molecular flexibility index (Phi) is 64.5. The molecule has 0 fully saturated rings. The van der Waals surface area contributed by atoms with E-state index in [0.29, 0.717) is 12.8 Å². The van der Waals surface area contributed by atoms with E-state index in [1.165, 1.54) is 103 Å². The molecule has 0 heterocycles. The molecule has 0 aromatic heterocycles. The van der Waals surface area contributed by atoms with Gasteiger partial charge in [-0.05, 0) is 135 Å². The molecule has 0 aliphatic carbocycles. The molecule has 0 amide bonds. The van der Waals surface area contributed by atoms with Gasteiger partial charge in [-0.2, -0.15) is 0 Å². The lowest BCUT2D eigenvalue weighted by molar-refractivity contribution is -0.161. The fourth-order valence-corrected chi connectivity index (χ4v) is 8.63. The lowest BCUT2D eigenvalue weighted by Crippen LogP contribution is -2.28. The molecule has 0 aliphatic rings.